The molecule has 2 aromatic rings. The van der Waals surface area contributed by atoms with Crippen LogP contribution in [0.3, 0.4) is 0 Å². The van der Waals surface area contributed by atoms with Gasteiger partial charge in [0.2, 0.25) is 5.95 Å². The highest BCUT2D eigenvalue weighted by atomic mass is 35.5. The second-order valence-electron chi connectivity index (χ2n) is 3.22. The number of carbonyl (C=O) groups excluding carboxylic acids is 1. The fraction of sp³-hybridized carbons (Fsp3) is 0.0909. The third kappa shape index (κ3) is 2.14. The van der Waals surface area contributed by atoms with Crippen molar-refractivity contribution in [2.75, 3.05) is 7.11 Å². The predicted octanol–water partition coefficient (Wildman–Crippen LogP) is 2.45. The Morgan fingerprint density at radius 2 is 2.18 bits per heavy atom. The summed E-state index contributed by atoms with van der Waals surface area (Å²) in [5, 5.41) is 3.98. The van der Waals surface area contributed by atoms with Gasteiger partial charge in [-0.25, -0.2) is 9.48 Å². The van der Waals surface area contributed by atoms with E-state index in [1.807, 2.05) is 0 Å². The molecule has 88 valence electrons. The molecule has 0 aliphatic carbocycles. The van der Waals surface area contributed by atoms with Gasteiger partial charge in [0, 0.05) is 6.20 Å². The minimum absolute atomic E-state index is 0.229. The quantitative estimate of drug-likeness (QED) is 0.773. The molecule has 0 atom stereocenters. The topological polar surface area (TPSA) is 44.1 Å². The first-order valence-corrected chi connectivity index (χ1v) is 5.09. The van der Waals surface area contributed by atoms with E-state index in [1.54, 1.807) is 24.3 Å². The molecule has 0 saturated heterocycles. The number of methoxy groups -OCH3 is 1. The summed E-state index contributed by atoms with van der Waals surface area (Å²) in [7, 11) is 1.18. The highest BCUT2D eigenvalue weighted by Crippen LogP contribution is 2.20. The SMILES string of the molecule is COC(=O)c1cn(-c2ccccc2Cl)nc1F. The summed E-state index contributed by atoms with van der Waals surface area (Å²) in [5.74, 6) is -1.67. The van der Waals surface area contributed by atoms with Crippen LogP contribution in [0.1, 0.15) is 10.4 Å². The van der Waals surface area contributed by atoms with E-state index in [9.17, 15) is 9.18 Å². The summed E-state index contributed by atoms with van der Waals surface area (Å²) in [4.78, 5) is 11.2. The van der Waals surface area contributed by atoms with Crippen LogP contribution in [0.15, 0.2) is 30.5 Å². The van der Waals surface area contributed by atoms with Crippen molar-refractivity contribution in [1.82, 2.24) is 9.78 Å². The molecule has 0 saturated carbocycles. The van der Waals surface area contributed by atoms with Gasteiger partial charge in [-0.05, 0) is 12.1 Å². The molecule has 0 bridgehead atoms. The Balaban J connectivity index is 2.49. The van der Waals surface area contributed by atoms with Gasteiger partial charge in [0.05, 0.1) is 17.8 Å². The predicted molar refractivity (Wildman–Crippen MR) is 59.9 cm³/mol. The maximum absolute atomic E-state index is 13.4. The average Bonchev–Trinajstić information content (AvgIpc) is 2.71. The summed E-state index contributed by atoms with van der Waals surface area (Å²) < 4.78 is 19.0. The zero-order valence-corrected chi connectivity index (χ0v) is 9.61. The van der Waals surface area contributed by atoms with Crippen molar-refractivity contribution in [3.63, 3.8) is 0 Å². The van der Waals surface area contributed by atoms with E-state index >= 15 is 0 Å². The van der Waals surface area contributed by atoms with Crippen molar-refractivity contribution in [3.8, 4) is 5.69 Å². The Kier molecular flexibility index (Phi) is 3.10. The Morgan fingerprint density at radius 3 is 2.82 bits per heavy atom. The first kappa shape index (κ1) is 11.6. The fourth-order valence-electron chi connectivity index (χ4n) is 1.36. The summed E-state index contributed by atoms with van der Waals surface area (Å²) in [6.45, 7) is 0. The molecule has 0 amide bonds. The summed E-state index contributed by atoms with van der Waals surface area (Å²) in [5.41, 5.74) is 0.260. The van der Waals surface area contributed by atoms with Crippen molar-refractivity contribution in [2.24, 2.45) is 0 Å². The lowest BCUT2D eigenvalue weighted by Crippen LogP contribution is -2.01. The third-order valence-corrected chi connectivity index (χ3v) is 2.49. The van der Waals surface area contributed by atoms with Crippen LogP contribution < -0.4 is 0 Å². The number of benzene rings is 1. The highest BCUT2D eigenvalue weighted by Gasteiger charge is 2.18. The van der Waals surface area contributed by atoms with E-state index in [2.05, 4.69) is 9.84 Å². The summed E-state index contributed by atoms with van der Waals surface area (Å²) in [6, 6.07) is 6.79. The van der Waals surface area contributed by atoms with Crippen LogP contribution in [0.4, 0.5) is 4.39 Å². The lowest BCUT2D eigenvalue weighted by atomic mass is 10.3. The molecule has 0 spiro atoms. The van der Waals surface area contributed by atoms with E-state index in [0.717, 1.165) is 0 Å². The van der Waals surface area contributed by atoms with Gasteiger partial charge in [0.1, 0.15) is 5.56 Å². The zero-order chi connectivity index (χ0) is 12.4. The standard InChI is InChI=1S/C11H8ClFN2O2/c1-17-11(16)7-6-15(14-10(7)13)9-5-3-2-4-8(9)12/h2-6H,1H3. The molecule has 0 aliphatic heterocycles. The number of nitrogens with zero attached hydrogens (tertiary/aromatic N) is 2. The summed E-state index contributed by atoms with van der Waals surface area (Å²) >= 11 is 5.93. The minimum Gasteiger partial charge on any atom is -0.465 e. The molecule has 17 heavy (non-hydrogen) atoms. The van der Waals surface area contributed by atoms with Crippen LogP contribution in [0.2, 0.25) is 5.02 Å². The van der Waals surface area contributed by atoms with Gasteiger partial charge in [-0.1, -0.05) is 23.7 Å². The van der Waals surface area contributed by atoms with Crippen LogP contribution in [0.25, 0.3) is 5.69 Å². The minimum atomic E-state index is -0.892. The van der Waals surface area contributed by atoms with Crippen molar-refractivity contribution in [2.45, 2.75) is 0 Å². The van der Waals surface area contributed by atoms with Crippen LogP contribution in [0, 0.1) is 5.95 Å². The number of carbonyl (C=O) groups is 1. The monoisotopic (exact) mass is 254 g/mol. The Hall–Kier alpha value is -1.88. The van der Waals surface area contributed by atoms with Gasteiger partial charge < -0.3 is 4.74 Å². The van der Waals surface area contributed by atoms with Gasteiger partial charge >= 0.3 is 5.97 Å². The molecule has 0 N–H and O–H groups in total. The molecule has 0 radical (unpaired) electrons. The van der Waals surface area contributed by atoms with Crippen LogP contribution in [-0.2, 0) is 4.74 Å². The smallest absolute Gasteiger partial charge is 0.344 e. The number of aromatic nitrogens is 2. The van der Waals surface area contributed by atoms with Gasteiger partial charge in [-0.2, -0.15) is 4.39 Å². The van der Waals surface area contributed by atoms with E-state index in [0.29, 0.717) is 10.7 Å². The Morgan fingerprint density at radius 1 is 1.47 bits per heavy atom. The first-order chi connectivity index (χ1) is 8.13. The molecule has 2 rings (SSSR count). The number of para-hydroxylation sites is 1. The number of halogens is 2. The highest BCUT2D eigenvalue weighted by molar-refractivity contribution is 6.32. The van der Waals surface area contributed by atoms with Gasteiger partial charge in [-0.15, -0.1) is 5.10 Å². The Labute approximate surface area is 102 Å². The molecule has 1 heterocycles. The number of rotatable bonds is 2. The van der Waals surface area contributed by atoms with Crippen LogP contribution in [0.5, 0.6) is 0 Å². The number of hydrogen-bond acceptors (Lipinski definition) is 3. The summed E-state index contributed by atoms with van der Waals surface area (Å²) in [6.07, 6.45) is 1.24. The molecule has 1 aromatic carbocycles. The molecule has 1 aromatic heterocycles. The number of ether oxygens (including phenoxy) is 1. The normalized spacial score (nSPS) is 10.3. The van der Waals surface area contributed by atoms with Crippen molar-refractivity contribution >= 4 is 17.6 Å². The Bertz CT molecular complexity index is 568. The van der Waals surface area contributed by atoms with Gasteiger partial charge in [0.25, 0.3) is 0 Å². The van der Waals surface area contributed by atoms with Gasteiger partial charge in [0.15, 0.2) is 0 Å². The first-order valence-electron chi connectivity index (χ1n) is 4.72. The van der Waals surface area contributed by atoms with Gasteiger partial charge in [-0.3, -0.25) is 0 Å². The van der Waals surface area contributed by atoms with Crippen molar-refractivity contribution < 1.29 is 13.9 Å². The zero-order valence-electron chi connectivity index (χ0n) is 8.85. The molecular weight excluding hydrogens is 247 g/mol. The van der Waals surface area contributed by atoms with E-state index in [1.165, 1.54) is 18.0 Å². The fourth-order valence-corrected chi connectivity index (χ4v) is 1.58. The maximum atomic E-state index is 13.4. The van der Waals surface area contributed by atoms with Crippen LogP contribution in [-0.4, -0.2) is 22.9 Å². The van der Waals surface area contributed by atoms with E-state index in [-0.39, 0.29) is 5.56 Å². The molecule has 6 heteroatoms. The number of esters is 1. The molecule has 0 fully saturated rings. The average molecular weight is 255 g/mol. The molecule has 4 nitrogen and oxygen atoms in total. The van der Waals surface area contributed by atoms with Crippen molar-refractivity contribution in [3.05, 3.63) is 47.0 Å². The third-order valence-electron chi connectivity index (χ3n) is 2.17. The lowest BCUT2D eigenvalue weighted by molar-refractivity contribution is 0.0595. The second-order valence-corrected chi connectivity index (χ2v) is 3.63. The second kappa shape index (κ2) is 4.55. The van der Waals surface area contributed by atoms with Crippen molar-refractivity contribution in [1.29, 1.82) is 0 Å². The molecule has 0 unspecified atom stereocenters. The van der Waals surface area contributed by atoms with Crippen LogP contribution >= 0.6 is 11.6 Å². The largest absolute Gasteiger partial charge is 0.465 e. The molecular formula is C11H8ClFN2O2. The molecule has 0 aliphatic rings. The maximum Gasteiger partial charge on any atom is 0.344 e. The van der Waals surface area contributed by atoms with E-state index in [4.69, 9.17) is 11.6 Å². The van der Waals surface area contributed by atoms with E-state index < -0.39 is 11.9 Å². The number of hydrogen-bond donors (Lipinski definition) is 0. The lowest BCUT2D eigenvalue weighted by Gasteiger charge is -2.02.